The minimum atomic E-state index is -0.214. The van der Waals surface area contributed by atoms with E-state index in [2.05, 4.69) is 15.7 Å². The number of fused-ring (bicyclic) bond motifs is 1. The van der Waals surface area contributed by atoms with Gasteiger partial charge in [-0.1, -0.05) is 0 Å². The van der Waals surface area contributed by atoms with Crippen LogP contribution < -0.4 is 0 Å². The molecule has 14 heavy (non-hydrogen) atoms. The van der Waals surface area contributed by atoms with Gasteiger partial charge in [0.25, 0.3) is 0 Å². The van der Waals surface area contributed by atoms with Gasteiger partial charge in [0.05, 0.1) is 11.8 Å². The third-order valence-corrected chi connectivity index (χ3v) is 2.78. The second kappa shape index (κ2) is 4.13. The van der Waals surface area contributed by atoms with Gasteiger partial charge in [0, 0.05) is 19.2 Å². The van der Waals surface area contributed by atoms with Crippen molar-refractivity contribution in [2.75, 3.05) is 0 Å². The lowest BCUT2D eigenvalue weighted by Gasteiger charge is -2.11. The zero-order valence-electron chi connectivity index (χ0n) is 8.74. The van der Waals surface area contributed by atoms with Crippen LogP contribution >= 0.6 is 0 Å². The van der Waals surface area contributed by atoms with Crippen molar-refractivity contribution in [1.29, 1.82) is 0 Å². The van der Waals surface area contributed by atoms with E-state index in [1.807, 2.05) is 6.92 Å². The first-order chi connectivity index (χ1) is 6.75. The second-order valence-corrected chi connectivity index (χ2v) is 4.19. The lowest BCUT2D eigenvalue weighted by atomic mass is 10.2. The quantitative estimate of drug-likeness (QED) is 0.792. The number of aliphatic hydroxyl groups excluding tert-OH is 1. The molecule has 1 N–H and O–H groups in total. The maximum Gasteiger partial charge on any atom is 0.108 e. The van der Waals surface area contributed by atoms with E-state index in [0.29, 0.717) is 0 Å². The monoisotopic (exact) mass is 194 g/mol. The number of imidazole rings is 1. The van der Waals surface area contributed by atoms with Gasteiger partial charge in [0.2, 0.25) is 0 Å². The van der Waals surface area contributed by atoms with Crippen molar-refractivity contribution < 1.29 is 5.11 Å². The van der Waals surface area contributed by atoms with E-state index in [9.17, 15) is 5.11 Å². The molecule has 3 nitrogen and oxygen atoms in total. The van der Waals surface area contributed by atoms with Crippen LogP contribution in [0.15, 0.2) is 6.20 Å². The van der Waals surface area contributed by atoms with Crippen molar-refractivity contribution in [3.63, 3.8) is 0 Å². The summed E-state index contributed by atoms with van der Waals surface area (Å²) < 4.78 is 2.26. The molecule has 3 heteroatoms. The molecule has 2 rings (SSSR count). The molecule has 0 aromatic carbocycles. The summed E-state index contributed by atoms with van der Waals surface area (Å²) in [7, 11) is 0. The lowest BCUT2D eigenvalue weighted by molar-refractivity contribution is 0.184. The standard InChI is InChI=1S/C11H18N2O/c1-9(14)5-6-10-8-13-7-3-2-4-11(13)12-10/h8-9,14H,2-7H2,1H3. The highest BCUT2D eigenvalue weighted by Crippen LogP contribution is 2.15. The van der Waals surface area contributed by atoms with E-state index >= 15 is 0 Å². The molecule has 1 atom stereocenters. The van der Waals surface area contributed by atoms with Crippen molar-refractivity contribution in [3.8, 4) is 0 Å². The first kappa shape index (κ1) is 9.71. The lowest BCUT2D eigenvalue weighted by Crippen LogP contribution is -2.08. The van der Waals surface area contributed by atoms with E-state index in [1.165, 1.54) is 18.7 Å². The summed E-state index contributed by atoms with van der Waals surface area (Å²) in [5.41, 5.74) is 1.14. The van der Waals surface area contributed by atoms with Crippen LogP contribution in [0.3, 0.4) is 0 Å². The van der Waals surface area contributed by atoms with Crippen molar-refractivity contribution in [2.45, 2.75) is 51.7 Å². The molecule has 0 saturated heterocycles. The van der Waals surface area contributed by atoms with E-state index in [-0.39, 0.29) is 6.10 Å². The summed E-state index contributed by atoms with van der Waals surface area (Å²) in [5, 5.41) is 9.18. The molecule has 0 saturated carbocycles. The molecular formula is C11H18N2O. The number of hydrogen-bond donors (Lipinski definition) is 1. The molecule has 0 fully saturated rings. The van der Waals surface area contributed by atoms with E-state index in [0.717, 1.165) is 31.5 Å². The van der Waals surface area contributed by atoms with Crippen LogP contribution in [-0.4, -0.2) is 20.8 Å². The van der Waals surface area contributed by atoms with E-state index in [1.54, 1.807) is 0 Å². The molecular weight excluding hydrogens is 176 g/mol. The van der Waals surface area contributed by atoms with Crippen molar-refractivity contribution in [3.05, 3.63) is 17.7 Å². The first-order valence-electron chi connectivity index (χ1n) is 5.48. The summed E-state index contributed by atoms with van der Waals surface area (Å²) in [4.78, 5) is 4.57. The number of aryl methyl sites for hydroxylation is 3. The van der Waals surface area contributed by atoms with Crippen LogP contribution in [0.2, 0.25) is 0 Å². The molecule has 1 aliphatic rings. The Balaban J connectivity index is 2.01. The highest BCUT2D eigenvalue weighted by atomic mass is 16.3. The summed E-state index contributed by atoms with van der Waals surface area (Å²) >= 11 is 0. The predicted octanol–water partition coefficient (Wildman–Crippen LogP) is 1.53. The minimum Gasteiger partial charge on any atom is -0.393 e. The molecule has 0 spiro atoms. The van der Waals surface area contributed by atoms with Crippen LogP contribution in [0, 0.1) is 0 Å². The number of aromatic nitrogens is 2. The highest BCUT2D eigenvalue weighted by molar-refractivity contribution is 5.06. The third kappa shape index (κ3) is 2.15. The average molecular weight is 194 g/mol. The fourth-order valence-corrected chi connectivity index (χ4v) is 1.95. The Kier molecular flexibility index (Phi) is 2.87. The Hall–Kier alpha value is -0.830. The molecule has 0 radical (unpaired) electrons. The smallest absolute Gasteiger partial charge is 0.108 e. The molecule has 1 aromatic heterocycles. The van der Waals surface area contributed by atoms with Gasteiger partial charge in [0.1, 0.15) is 5.82 Å². The van der Waals surface area contributed by atoms with Crippen LogP contribution in [-0.2, 0) is 19.4 Å². The van der Waals surface area contributed by atoms with E-state index < -0.39 is 0 Å². The Bertz CT molecular complexity index is 281. The number of hydrogen-bond acceptors (Lipinski definition) is 2. The Morgan fingerprint density at radius 3 is 3.14 bits per heavy atom. The number of aliphatic hydroxyl groups is 1. The first-order valence-corrected chi connectivity index (χ1v) is 5.48. The van der Waals surface area contributed by atoms with Gasteiger partial charge < -0.3 is 9.67 Å². The van der Waals surface area contributed by atoms with Crippen molar-refractivity contribution >= 4 is 0 Å². The molecule has 1 unspecified atom stereocenters. The van der Waals surface area contributed by atoms with Gasteiger partial charge in [-0.05, 0) is 32.6 Å². The second-order valence-electron chi connectivity index (χ2n) is 4.19. The van der Waals surface area contributed by atoms with Gasteiger partial charge in [-0.3, -0.25) is 0 Å². The maximum atomic E-state index is 9.18. The Morgan fingerprint density at radius 2 is 2.43 bits per heavy atom. The largest absolute Gasteiger partial charge is 0.393 e. The van der Waals surface area contributed by atoms with Gasteiger partial charge in [0.15, 0.2) is 0 Å². The zero-order chi connectivity index (χ0) is 9.97. The topological polar surface area (TPSA) is 38.0 Å². The van der Waals surface area contributed by atoms with Crippen molar-refractivity contribution in [1.82, 2.24) is 9.55 Å². The van der Waals surface area contributed by atoms with Crippen LogP contribution in [0.1, 0.15) is 37.7 Å². The number of rotatable bonds is 3. The SMILES string of the molecule is CC(O)CCc1cn2c(n1)CCCC2. The van der Waals surface area contributed by atoms with Gasteiger partial charge in [-0.15, -0.1) is 0 Å². The Labute approximate surface area is 84.8 Å². The van der Waals surface area contributed by atoms with Crippen LogP contribution in [0.25, 0.3) is 0 Å². The van der Waals surface area contributed by atoms with Crippen LogP contribution in [0.4, 0.5) is 0 Å². The summed E-state index contributed by atoms with van der Waals surface area (Å²) in [5.74, 6) is 1.23. The zero-order valence-corrected chi connectivity index (χ0v) is 8.74. The molecule has 1 aromatic rings. The fourth-order valence-electron chi connectivity index (χ4n) is 1.95. The highest BCUT2D eigenvalue weighted by Gasteiger charge is 2.12. The Morgan fingerprint density at radius 1 is 1.57 bits per heavy atom. The molecule has 0 aliphatic carbocycles. The van der Waals surface area contributed by atoms with Gasteiger partial charge >= 0.3 is 0 Å². The fraction of sp³-hybridized carbons (Fsp3) is 0.727. The predicted molar refractivity (Wildman–Crippen MR) is 55.2 cm³/mol. The number of nitrogens with zero attached hydrogens (tertiary/aromatic N) is 2. The summed E-state index contributed by atoms with van der Waals surface area (Å²) in [6.07, 6.45) is 7.32. The summed E-state index contributed by atoms with van der Waals surface area (Å²) in [6, 6.07) is 0. The third-order valence-electron chi connectivity index (χ3n) is 2.78. The maximum absolute atomic E-state index is 9.18. The molecule has 2 heterocycles. The molecule has 1 aliphatic heterocycles. The van der Waals surface area contributed by atoms with Crippen LogP contribution in [0.5, 0.6) is 0 Å². The summed E-state index contributed by atoms with van der Waals surface area (Å²) in [6.45, 7) is 2.95. The van der Waals surface area contributed by atoms with E-state index in [4.69, 9.17) is 0 Å². The minimum absolute atomic E-state index is 0.214. The van der Waals surface area contributed by atoms with Gasteiger partial charge in [-0.2, -0.15) is 0 Å². The molecule has 0 amide bonds. The van der Waals surface area contributed by atoms with Crippen molar-refractivity contribution in [2.24, 2.45) is 0 Å². The average Bonchev–Trinajstić information content (AvgIpc) is 2.57. The molecule has 78 valence electrons. The molecule has 0 bridgehead atoms. The normalized spacial score (nSPS) is 17.9. The van der Waals surface area contributed by atoms with Gasteiger partial charge in [-0.25, -0.2) is 4.98 Å².